The summed E-state index contributed by atoms with van der Waals surface area (Å²) in [6.07, 6.45) is -0.664. The fourth-order valence-corrected chi connectivity index (χ4v) is 4.18. The van der Waals surface area contributed by atoms with Crippen LogP contribution in [0.1, 0.15) is 40.0 Å². The van der Waals surface area contributed by atoms with Crippen LogP contribution >= 0.6 is 0 Å². The van der Waals surface area contributed by atoms with Gasteiger partial charge in [0.25, 0.3) is 21.1 Å². The van der Waals surface area contributed by atoms with Gasteiger partial charge >= 0.3 is 6.09 Å². The number of nitrogens with one attached hydrogen (secondary N) is 1. The van der Waals surface area contributed by atoms with Crippen LogP contribution < -0.4 is 4.72 Å². The molecule has 0 bridgehead atoms. The van der Waals surface area contributed by atoms with Crippen molar-refractivity contribution in [1.29, 1.82) is 0 Å². The number of rotatable bonds is 5. The van der Waals surface area contributed by atoms with Crippen LogP contribution in [0.2, 0.25) is 0 Å². The van der Waals surface area contributed by atoms with Crippen LogP contribution in [0.15, 0.2) is 0 Å². The van der Waals surface area contributed by atoms with E-state index < -0.39 is 70.3 Å². The lowest BCUT2D eigenvalue weighted by atomic mass is 10.1. The summed E-state index contributed by atoms with van der Waals surface area (Å²) in [5.41, 5.74) is -0.935. The first-order chi connectivity index (χ1) is 11.8. The normalized spacial score (nSPS) is 26.0. The summed E-state index contributed by atoms with van der Waals surface area (Å²) in [5.74, 6) is -4.32. The van der Waals surface area contributed by atoms with E-state index in [0.29, 0.717) is 17.7 Å². The second-order valence-electron chi connectivity index (χ2n) is 7.60. The quantitative estimate of drug-likeness (QED) is 0.710. The molecule has 2 fully saturated rings. The second kappa shape index (κ2) is 7.01. The number of carbonyl (C=O) groups is 2. The van der Waals surface area contributed by atoms with Crippen LogP contribution in [-0.4, -0.2) is 66.4 Å². The third-order valence-corrected chi connectivity index (χ3v) is 5.63. The van der Waals surface area contributed by atoms with E-state index in [1.54, 1.807) is 25.5 Å². The lowest BCUT2D eigenvalue weighted by Gasteiger charge is -2.29. The highest BCUT2D eigenvalue weighted by Crippen LogP contribution is 2.38. The third-order valence-electron chi connectivity index (χ3n) is 4.17. The molecule has 0 aromatic heterocycles. The van der Waals surface area contributed by atoms with Crippen molar-refractivity contribution in [2.45, 2.75) is 63.6 Å². The molecule has 150 valence electrons. The third kappa shape index (κ3) is 4.49. The van der Waals surface area contributed by atoms with Crippen LogP contribution in [0, 0.1) is 5.92 Å². The van der Waals surface area contributed by atoms with Crippen LogP contribution in [0.5, 0.6) is 0 Å². The number of alkyl halides is 2. The summed E-state index contributed by atoms with van der Waals surface area (Å²) in [6, 6.07) is -3.72. The summed E-state index contributed by atoms with van der Waals surface area (Å²) in [5, 5.41) is 7.97. The van der Waals surface area contributed by atoms with Gasteiger partial charge in [0.15, 0.2) is 0 Å². The second-order valence-corrected chi connectivity index (χ2v) is 9.25. The molecule has 0 radical (unpaired) electrons. The van der Waals surface area contributed by atoms with Crippen molar-refractivity contribution in [2.75, 3.05) is 13.2 Å². The SMILES string of the molecule is CC(C)(C)OC(=O)N1C[C@@H](NS(=O)(=O)C(=O)C2CC2)C(F)(F)[C@H]1CCO. The lowest BCUT2D eigenvalue weighted by Crippen LogP contribution is -2.51. The van der Waals surface area contributed by atoms with Crippen LogP contribution in [0.3, 0.4) is 0 Å². The zero-order valence-electron chi connectivity index (χ0n) is 14.9. The van der Waals surface area contributed by atoms with Gasteiger partial charge in [-0.1, -0.05) is 0 Å². The molecule has 2 N–H and O–H groups in total. The molecule has 2 atom stereocenters. The van der Waals surface area contributed by atoms with Crippen molar-refractivity contribution in [2.24, 2.45) is 5.92 Å². The predicted octanol–water partition coefficient (Wildman–Crippen LogP) is 0.848. The first-order valence-electron chi connectivity index (χ1n) is 8.34. The molecule has 0 aromatic rings. The van der Waals surface area contributed by atoms with E-state index in [4.69, 9.17) is 9.84 Å². The molecule has 0 aromatic carbocycles. The Hall–Kier alpha value is -1.33. The van der Waals surface area contributed by atoms with Crippen LogP contribution in [0.4, 0.5) is 13.6 Å². The molecule has 8 nitrogen and oxygen atoms in total. The monoisotopic (exact) mass is 398 g/mol. The van der Waals surface area contributed by atoms with Crippen molar-refractivity contribution in [1.82, 2.24) is 9.62 Å². The molecule has 1 heterocycles. The Labute approximate surface area is 150 Å². The molecule has 2 rings (SSSR count). The largest absolute Gasteiger partial charge is 0.444 e. The Morgan fingerprint density at radius 2 is 1.88 bits per heavy atom. The first kappa shape index (κ1) is 21.0. The van der Waals surface area contributed by atoms with Crippen LogP contribution in [0.25, 0.3) is 0 Å². The highest BCUT2D eigenvalue weighted by molar-refractivity contribution is 8.04. The summed E-state index contributed by atoms with van der Waals surface area (Å²) in [6.45, 7) is 3.40. The van der Waals surface area contributed by atoms with Gasteiger partial charge in [0, 0.05) is 19.1 Å². The molecular weight excluding hydrogens is 374 g/mol. The van der Waals surface area contributed by atoms with E-state index in [1.165, 1.54) is 0 Å². The maximum Gasteiger partial charge on any atom is 0.410 e. The number of aliphatic hydroxyl groups is 1. The van der Waals surface area contributed by atoms with Gasteiger partial charge in [0.2, 0.25) is 0 Å². The first-order valence-corrected chi connectivity index (χ1v) is 9.82. The number of aliphatic hydroxyl groups excluding tert-OH is 1. The van der Waals surface area contributed by atoms with Crippen molar-refractivity contribution >= 4 is 21.2 Å². The van der Waals surface area contributed by atoms with Gasteiger partial charge in [0.05, 0.1) is 0 Å². The van der Waals surface area contributed by atoms with E-state index in [2.05, 4.69) is 0 Å². The van der Waals surface area contributed by atoms with Gasteiger partial charge in [-0.25, -0.2) is 22.0 Å². The Morgan fingerprint density at radius 1 is 1.31 bits per heavy atom. The molecular formula is C15H24F2N2O6S. The number of ether oxygens (including phenoxy) is 1. The van der Waals surface area contributed by atoms with E-state index in [9.17, 15) is 26.8 Å². The number of hydrogen-bond acceptors (Lipinski definition) is 6. The average molecular weight is 398 g/mol. The van der Waals surface area contributed by atoms with Gasteiger partial charge in [-0.2, -0.15) is 4.72 Å². The minimum Gasteiger partial charge on any atom is -0.444 e. The summed E-state index contributed by atoms with van der Waals surface area (Å²) < 4.78 is 60.4. The maximum absolute atomic E-state index is 14.7. The van der Waals surface area contributed by atoms with E-state index in [1.807, 2.05) is 0 Å². The Balaban J connectivity index is 2.22. The van der Waals surface area contributed by atoms with Crippen LogP contribution in [-0.2, 0) is 19.6 Å². The van der Waals surface area contributed by atoms with Gasteiger partial charge in [-0.05, 0) is 40.0 Å². The van der Waals surface area contributed by atoms with E-state index >= 15 is 0 Å². The summed E-state index contributed by atoms with van der Waals surface area (Å²) in [7, 11) is -4.58. The van der Waals surface area contributed by atoms with Crippen molar-refractivity contribution in [3.63, 3.8) is 0 Å². The van der Waals surface area contributed by atoms with Crippen molar-refractivity contribution in [3.05, 3.63) is 0 Å². The fraction of sp³-hybridized carbons (Fsp3) is 0.867. The standard InChI is InChI=1S/C15H24F2N2O6S/c1-14(2,3)25-13(22)19-8-10(15(16,17)11(19)6-7-20)18-26(23,24)12(21)9-4-5-9/h9-11,18,20H,4-8H2,1-3H3/t10-,11-/m1/s1. The Bertz CT molecular complexity index is 672. The molecule has 0 spiro atoms. The number of amides is 1. The number of halogens is 2. The van der Waals surface area contributed by atoms with Gasteiger partial charge in [-0.15, -0.1) is 0 Å². The number of carbonyl (C=O) groups excluding carboxylic acids is 2. The van der Waals surface area contributed by atoms with Gasteiger partial charge in [-0.3, -0.25) is 9.69 Å². The summed E-state index contributed by atoms with van der Waals surface area (Å²) >= 11 is 0. The topological polar surface area (TPSA) is 113 Å². The minimum atomic E-state index is -4.58. The highest BCUT2D eigenvalue weighted by atomic mass is 32.2. The van der Waals surface area contributed by atoms with E-state index in [-0.39, 0.29) is 0 Å². The predicted molar refractivity (Wildman–Crippen MR) is 87.0 cm³/mol. The molecule has 1 saturated heterocycles. The molecule has 1 saturated carbocycles. The highest BCUT2D eigenvalue weighted by Gasteiger charge is 2.59. The maximum atomic E-state index is 14.7. The van der Waals surface area contributed by atoms with Crippen molar-refractivity contribution < 1.29 is 36.6 Å². The fourth-order valence-electron chi connectivity index (χ4n) is 2.78. The average Bonchev–Trinajstić information content (AvgIpc) is 3.27. The molecule has 1 aliphatic carbocycles. The summed E-state index contributed by atoms with van der Waals surface area (Å²) in [4.78, 5) is 24.7. The number of likely N-dealkylation sites (tertiary alicyclic amines) is 1. The lowest BCUT2D eigenvalue weighted by molar-refractivity contribution is -0.113. The Kier molecular flexibility index (Phi) is 5.65. The number of sulfonamides is 1. The zero-order chi connectivity index (χ0) is 19.9. The number of nitrogens with zero attached hydrogens (tertiary/aromatic N) is 1. The molecule has 0 unspecified atom stereocenters. The molecule has 26 heavy (non-hydrogen) atoms. The minimum absolute atomic E-state index is 0.415. The molecule has 2 aliphatic rings. The molecule has 1 amide bonds. The number of hydrogen-bond donors (Lipinski definition) is 2. The smallest absolute Gasteiger partial charge is 0.410 e. The van der Waals surface area contributed by atoms with Gasteiger partial charge < -0.3 is 9.84 Å². The van der Waals surface area contributed by atoms with Crippen molar-refractivity contribution in [3.8, 4) is 0 Å². The zero-order valence-corrected chi connectivity index (χ0v) is 15.7. The van der Waals surface area contributed by atoms with Gasteiger partial charge in [0.1, 0.15) is 17.7 Å². The molecule has 1 aliphatic heterocycles. The molecule has 11 heteroatoms. The van der Waals surface area contributed by atoms with E-state index in [0.717, 1.165) is 0 Å². The Morgan fingerprint density at radius 3 is 2.35 bits per heavy atom.